The van der Waals surface area contributed by atoms with E-state index in [0.717, 1.165) is 37.4 Å². The van der Waals surface area contributed by atoms with Gasteiger partial charge in [0.25, 0.3) is 0 Å². The first-order valence-electron chi connectivity index (χ1n) is 9.35. The van der Waals surface area contributed by atoms with Gasteiger partial charge in [0.2, 0.25) is 10.0 Å². The van der Waals surface area contributed by atoms with Gasteiger partial charge >= 0.3 is 0 Å². The number of hydrogen-bond acceptors (Lipinski definition) is 5. The van der Waals surface area contributed by atoms with Crippen LogP contribution in [0.25, 0.3) is 0 Å². The van der Waals surface area contributed by atoms with Crippen LogP contribution in [0, 0.1) is 5.92 Å². The van der Waals surface area contributed by atoms with Gasteiger partial charge in [-0.25, -0.2) is 13.1 Å². The Kier molecular flexibility index (Phi) is 7.46. The number of benzene rings is 1. The van der Waals surface area contributed by atoms with E-state index in [-0.39, 0.29) is 17.7 Å². The van der Waals surface area contributed by atoms with Crippen molar-refractivity contribution in [3.05, 3.63) is 29.8 Å². The van der Waals surface area contributed by atoms with Gasteiger partial charge in [-0.1, -0.05) is 26.0 Å². The summed E-state index contributed by atoms with van der Waals surface area (Å²) in [4.78, 5) is 6.77. The molecule has 1 atom stereocenters. The Bertz CT molecular complexity index is 651. The zero-order chi connectivity index (χ0) is 19.3. The molecule has 1 aliphatic heterocycles. The average molecular weight is 383 g/mol. The molecule has 1 saturated heterocycles. The van der Waals surface area contributed by atoms with E-state index >= 15 is 0 Å². The summed E-state index contributed by atoms with van der Waals surface area (Å²) in [5.74, 6) is 0.288. The van der Waals surface area contributed by atoms with Crippen LogP contribution in [-0.2, 0) is 10.0 Å². The van der Waals surface area contributed by atoms with E-state index in [0.29, 0.717) is 6.54 Å². The molecule has 2 rings (SSSR count). The minimum absolute atomic E-state index is 0.0573. The zero-order valence-electron chi connectivity index (χ0n) is 16.8. The maximum atomic E-state index is 12.3. The summed E-state index contributed by atoms with van der Waals surface area (Å²) in [5.41, 5.74) is 2.30. The van der Waals surface area contributed by atoms with Crippen LogP contribution in [0.15, 0.2) is 24.3 Å². The van der Waals surface area contributed by atoms with Gasteiger partial charge in [0.1, 0.15) is 0 Å². The van der Waals surface area contributed by atoms with Crippen molar-refractivity contribution >= 4 is 15.7 Å². The van der Waals surface area contributed by atoms with Crippen molar-refractivity contribution in [3.8, 4) is 0 Å². The van der Waals surface area contributed by atoms with E-state index in [9.17, 15) is 8.42 Å². The van der Waals surface area contributed by atoms with Crippen LogP contribution in [0.1, 0.15) is 25.5 Å². The van der Waals surface area contributed by atoms with Gasteiger partial charge in [0, 0.05) is 58.5 Å². The highest BCUT2D eigenvalue weighted by Gasteiger charge is 2.25. The van der Waals surface area contributed by atoms with Crippen LogP contribution < -0.4 is 9.62 Å². The number of nitrogens with zero attached hydrogens (tertiary/aromatic N) is 3. The number of anilines is 1. The van der Waals surface area contributed by atoms with Crippen LogP contribution in [0.3, 0.4) is 0 Å². The van der Waals surface area contributed by atoms with Gasteiger partial charge in [-0.3, -0.25) is 4.90 Å². The Balaban J connectivity index is 2.16. The SMILES string of the molecule is CC(C)CS(=O)(=O)NCC(c1ccc(N(C)C)cc1)N1CCN(C)CC1. The number of sulfonamides is 1. The van der Waals surface area contributed by atoms with Crippen molar-refractivity contribution in [3.63, 3.8) is 0 Å². The molecule has 0 bridgehead atoms. The second kappa shape index (κ2) is 9.17. The second-order valence-corrected chi connectivity index (χ2v) is 9.72. The molecule has 0 amide bonds. The first-order chi connectivity index (χ1) is 12.2. The van der Waals surface area contributed by atoms with Crippen LogP contribution in [0.5, 0.6) is 0 Å². The maximum Gasteiger partial charge on any atom is 0.211 e. The summed E-state index contributed by atoms with van der Waals surface area (Å²) < 4.78 is 27.5. The fraction of sp³-hybridized carbons (Fsp3) is 0.684. The highest BCUT2D eigenvalue weighted by atomic mass is 32.2. The molecule has 1 unspecified atom stereocenters. The lowest BCUT2D eigenvalue weighted by atomic mass is 10.0. The van der Waals surface area contributed by atoms with Crippen molar-refractivity contribution in [2.75, 3.05) is 64.5 Å². The number of likely N-dealkylation sites (N-methyl/N-ethyl adjacent to an activating group) is 1. The Morgan fingerprint density at radius 3 is 2.15 bits per heavy atom. The third-order valence-electron chi connectivity index (χ3n) is 4.82. The molecule has 26 heavy (non-hydrogen) atoms. The van der Waals surface area contributed by atoms with Crippen LogP contribution in [-0.4, -0.2) is 77.8 Å². The van der Waals surface area contributed by atoms with Crippen molar-refractivity contribution in [1.82, 2.24) is 14.5 Å². The molecule has 0 aliphatic carbocycles. The topological polar surface area (TPSA) is 55.9 Å². The van der Waals surface area contributed by atoms with Gasteiger partial charge in [-0.2, -0.15) is 0 Å². The Hall–Kier alpha value is -1.15. The average Bonchev–Trinajstić information content (AvgIpc) is 2.55. The van der Waals surface area contributed by atoms with Crippen LogP contribution in [0.4, 0.5) is 5.69 Å². The number of nitrogens with one attached hydrogen (secondary N) is 1. The first kappa shape index (κ1) is 21.2. The molecule has 148 valence electrons. The summed E-state index contributed by atoms with van der Waals surface area (Å²) in [6, 6.07) is 8.49. The second-order valence-electron chi connectivity index (χ2n) is 7.86. The van der Waals surface area contributed by atoms with Crippen molar-refractivity contribution in [2.45, 2.75) is 19.9 Å². The molecule has 6 nitrogen and oxygen atoms in total. The van der Waals surface area contributed by atoms with Crippen LogP contribution in [0.2, 0.25) is 0 Å². The summed E-state index contributed by atoms with van der Waals surface area (Å²) in [6.45, 7) is 8.18. The fourth-order valence-corrected chi connectivity index (χ4v) is 4.70. The van der Waals surface area contributed by atoms with E-state index in [2.05, 4.69) is 50.7 Å². The molecule has 0 aromatic heterocycles. The molecule has 1 heterocycles. The van der Waals surface area contributed by atoms with Crippen molar-refractivity contribution in [1.29, 1.82) is 0 Å². The minimum atomic E-state index is -3.25. The molecule has 0 radical (unpaired) electrons. The number of piperazine rings is 1. The third kappa shape index (κ3) is 6.23. The van der Waals surface area contributed by atoms with E-state index in [4.69, 9.17) is 0 Å². The number of rotatable bonds is 8. The molecule has 1 fully saturated rings. The van der Waals surface area contributed by atoms with Gasteiger partial charge < -0.3 is 9.80 Å². The highest BCUT2D eigenvalue weighted by molar-refractivity contribution is 7.89. The summed E-state index contributed by atoms with van der Waals surface area (Å²) in [5, 5.41) is 0. The van der Waals surface area contributed by atoms with Gasteiger partial charge in [-0.15, -0.1) is 0 Å². The Morgan fingerprint density at radius 1 is 1.08 bits per heavy atom. The van der Waals surface area contributed by atoms with Crippen molar-refractivity contribution in [2.24, 2.45) is 5.92 Å². The summed E-state index contributed by atoms with van der Waals surface area (Å²) in [6.07, 6.45) is 0. The maximum absolute atomic E-state index is 12.3. The highest BCUT2D eigenvalue weighted by Crippen LogP contribution is 2.24. The van der Waals surface area contributed by atoms with Crippen molar-refractivity contribution < 1.29 is 8.42 Å². The fourth-order valence-electron chi connectivity index (χ4n) is 3.29. The Labute approximate surface area is 159 Å². The molecular formula is C19H34N4O2S. The normalized spacial score (nSPS) is 18.2. The van der Waals surface area contributed by atoms with E-state index < -0.39 is 10.0 Å². The van der Waals surface area contributed by atoms with Gasteiger partial charge in [-0.05, 0) is 30.7 Å². The standard InChI is InChI=1S/C19H34N4O2S/c1-16(2)15-26(24,25)20-14-19(23-12-10-22(5)11-13-23)17-6-8-18(9-7-17)21(3)4/h6-9,16,19-20H,10-15H2,1-5H3. The molecular weight excluding hydrogens is 348 g/mol. The molecule has 1 aromatic rings. The molecule has 0 saturated carbocycles. The predicted molar refractivity (Wildman–Crippen MR) is 109 cm³/mol. The first-order valence-corrected chi connectivity index (χ1v) is 11.0. The van der Waals surface area contributed by atoms with Gasteiger partial charge in [0.05, 0.1) is 5.75 Å². The molecule has 7 heteroatoms. The minimum Gasteiger partial charge on any atom is -0.378 e. The molecule has 1 N–H and O–H groups in total. The Morgan fingerprint density at radius 2 is 1.65 bits per heavy atom. The monoisotopic (exact) mass is 382 g/mol. The third-order valence-corrected chi connectivity index (χ3v) is 6.53. The van der Waals surface area contributed by atoms with Crippen LogP contribution >= 0.6 is 0 Å². The summed E-state index contributed by atoms with van der Waals surface area (Å²) in [7, 11) is 2.92. The molecule has 1 aromatic carbocycles. The van der Waals surface area contributed by atoms with E-state index in [1.165, 1.54) is 0 Å². The predicted octanol–water partition coefficient (Wildman–Crippen LogP) is 1.62. The van der Waals surface area contributed by atoms with E-state index in [1.807, 2.05) is 27.9 Å². The lowest BCUT2D eigenvalue weighted by molar-refractivity contribution is 0.113. The quantitative estimate of drug-likeness (QED) is 0.740. The van der Waals surface area contributed by atoms with Gasteiger partial charge in [0.15, 0.2) is 0 Å². The largest absolute Gasteiger partial charge is 0.378 e. The molecule has 0 spiro atoms. The lowest BCUT2D eigenvalue weighted by Gasteiger charge is -2.38. The lowest BCUT2D eigenvalue weighted by Crippen LogP contribution is -2.48. The number of hydrogen-bond donors (Lipinski definition) is 1. The van der Waals surface area contributed by atoms with E-state index in [1.54, 1.807) is 0 Å². The smallest absolute Gasteiger partial charge is 0.211 e. The molecule has 1 aliphatic rings. The zero-order valence-corrected chi connectivity index (χ0v) is 17.6. The summed E-state index contributed by atoms with van der Waals surface area (Å²) >= 11 is 0.